The van der Waals surface area contributed by atoms with Gasteiger partial charge in [-0.1, -0.05) is 0 Å². The van der Waals surface area contributed by atoms with Crippen LogP contribution in [0.5, 0.6) is 11.5 Å². The number of carbonyl (C=O) groups excluding carboxylic acids is 2. The number of likely N-dealkylation sites (tertiary alicyclic amines) is 1. The molecule has 1 atom stereocenters. The minimum Gasteiger partial charge on any atom is -0.497 e. The first-order chi connectivity index (χ1) is 13.0. The van der Waals surface area contributed by atoms with Crippen LogP contribution in [0.4, 0.5) is 0 Å². The van der Waals surface area contributed by atoms with Gasteiger partial charge in [0.25, 0.3) is 5.91 Å². The van der Waals surface area contributed by atoms with Gasteiger partial charge in [-0.05, 0) is 38.0 Å². The van der Waals surface area contributed by atoms with E-state index in [9.17, 15) is 14.7 Å². The molecule has 2 fully saturated rings. The second-order valence-corrected chi connectivity index (χ2v) is 7.34. The number of amides is 2. The van der Waals surface area contributed by atoms with E-state index in [0.717, 1.165) is 25.7 Å². The summed E-state index contributed by atoms with van der Waals surface area (Å²) in [6.07, 6.45) is 2.87. The zero-order valence-corrected chi connectivity index (χ0v) is 15.9. The number of methoxy groups -OCH3 is 1. The van der Waals surface area contributed by atoms with E-state index >= 15 is 0 Å². The first-order valence-corrected chi connectivity index (χ1v) is 9.57. The predicted molar refractivity (Wildman–Crippen MR) is 100.0 cm³/mol. The fourth-order valence-electron chi connectivity index (χ4n) is 3.21. The van der Waals surface area contributed by atoms with E-state index in [1.165, 1.54) is 0 Å². The van der Waals surface area contributed by atoms with Crippen molar-refractivity contribution in [2.45, 2.75) is 44.8 Å². The highest BCUT2D eigenvalue weighted by Crippen LogP contribution is 2.32. The number of carbonyl (C=O) groups is 2. The summed E-state index contributed by atoms with van der Waals surface area (Å²) in [7, 11) is 1.54. The molecule has 1 aromatic rings. The summed E-state index contributed by atoms with van der Waals surface area (Å²) in [5, 5.41) is 12.1. The lowest BCUT2D eigenvalue weighted by molar-refractivity contribution is -0.134. The van der Waals surface area contributed by atoms with E-state index in [-0.39, 0.29) is 30.4 Å². The van der Waals surface area contributed by atoms with Crippen LogP contribution >= 0.6 is 0 Å². The Morgan fingerprint density at radius 3 is 2.56 bits per heavy atom. The molecule has 0 bridgehead atoms. The van der Waals surface area contributed by atoms with Crippen LogP contribution < -0.4 is 14.8 Å². The van der Waals surface area contributed by atoms with Gasteiger partial charge >= 0.3 is 0 Å². The summed E-state index contributed by atoms with van der Waals surface area (Å²) in [6, 6.07) is 5.13. The minimum absolute atomic E-state index is 0.0371. The third-order valence-corrected chi connectivity index (χ3v) is 4.96. The third-order valence-electron chi connectivity index (χ3n) is 4.96. The van der Waals surface area contributed by atoms with Crippen molar-refractivity contribution in [3.63, 3.8) is 0 Å². The number of ether oxygens (including phenoxy) is 2. The Hall–Kier alpha value is -2.28. The zero-order valence-electron chi connectivity index (χ0n) is 15.9. The van der Waals surface area contributed by atoms with Crippen molar-refractivity contribution < 1.29 is 24.2 Å². The molecule has 27 heavy (non-hydrogen) atoms. The molecule has 1 heterocycles. The monoisotopic (exact) mass is 376 g/mol. The minimum atomic E-state index is -0.628. The zero-order chi connectivity index (χ0) is 19.4. The van der Waals surface area contributed by atoms with Gasteiger partial charge in [-0.2, -0.15) is 0 Å². The van der Waals surface area contributed by atoms with Gasteiger partial charge < -0.3 is 24.8 Å². The maximum absolute atomic E-state index is 12.5. The number of nitrogens with zero attached hydrogens (tertiary/aromatic N) is 1. The van der Waals surface area contributed by atoms with Gasteiger partial charge in [0.15, 0.2) is 0 Å². The molecule has 1 saturated heterocycles. The Bertz CT molecular complexity index is 679. The Kier molecular flexibility index (Phi) is 6.21. The second-order valence-electron chi connectivity index (χ2n) is 7.34. The van der Waals surface area contributed by atoms with Crippen LogP contribution in [0, 0.1) is 5.92 Å². The SMILES string of the molecule is COc1ccc(OC2CCN(C(=O)C3CC3)CC2)c(C(=O)NC[C@H](C)O)c1. The van der Waals surface area contributed by atoms with Gasteiger partial charge in [-0.3, -0.25) is 9.59 Å². The first kappa shape index (κ1) is 19.5. The average molecular weight is 376 g/mol. The van der Waals surface area contributed by atoms with Crippen molar-refractivity contribution in [2.75, 3.05) is 26.7 Å². The fraction of sp³-hybridized carbons (Fsp3) is 0.600. The van der Waals surface area contributed by atoms with Gasteiger partial charge in [0, 0.05) is 38.4 Å². The van der Waals surface area contributed by atoms with Crippen molar-refractivity contribution in [2.24, 2.45) is 5.92 Å². The molecule has 2 amide bonds. The predicted octanol–water partition coefficient (Wildman–Crippen LogP) is 1.59. The Labute approximate surface area is 159 Å². The summed E-state index contributed by atoms with van der Waals surface area (Å²) in [5.41, 5.74) is 0.381. The molecule has 2 N–H and O–H groups in total. The molecular formula is C20H28N2O5. The molecule has 0 radical (unpaired) electrons. The number of rotatable bonds is 7. The lowest BCUT2D eigenvalue weighted by Crippen LogP contribution is -2.42. The highest BCUT2D eigenvalue weighted by Gasteiger charge is 2.35. The van der Waals surface area contributed by atoms with E-state index in [0.29, 0.717) is 30.2 Å². The molecule has 148 valence electrons. The van der Waals surface area contributed by atoms with E-state index in [1.807, 2.05) is 4.90 Å². The van der Waals surface area contributed by atoms with Crippen LogP contribution in [0.15, 0.2) is 18.2 Å². The number of aliphatic hydroxyl groups excluding tert-OH is 1. The molecule has 1 aromatic carbocycles. The lowest BCUT2D eigenvalue weighted by atomic mass is 10.1. The smallest absolute Gasteiger partial charge is 0.255 e. The quantitative estimate of drug-likeness (QED) is 0.754. The largest absolute Gasteiger partial charge is 0.497 e. The Morgan fingerprint density at radius 2 is 1.96 bits per heavy atom. The summed E-state index contributed by atoms with van der Waals surface area (Å²) in [6.45, 7) is 3.16. The summed E-state index contributed by atoms with van der Waals surface area (Å²) < 4.78 is 11.3. The lowest BCUT2D eigenvalue weighted by Gasteiger charge is -2.32. The van der Waals surface area contributed by atoms with Crippen LogP contribution in [0.1, 0.15) is 43.0 Å². The standard InChI is InChI=1S/C20H28N2O5/c1-13(23)12-21-19(24)17-11-16(26-2)5-6-18(17)27-15-7-9-22(10-8-15)20(25)14-3-4-14/h5-6,11,13-15,23H,3-4,7-10,12H2,1-2H3,(H,21,24)/t13-/m0/s1. The molecule has 1 aliphatic heterocycles. The molecule has 1 saturated carbocycles. The van der Waals surface area contributed by atoms with Gasteiger partial charge in [-0.25, -0.2) is 0 Å². The number of hydrogen-bond acceptors (Lipinski definition) is 5. The van der Waals surface area contributed by atoms with Gasteiger partial charge in [0.1, 0.15) is 17.6 Å². The fourth-order valence-corrected chi connectivity index (χ4v) is 3.21. The Morgan fingerprint density at radius 1 is 1.26 bits per heavy atom. The van der Waals surface area contributed by atoms with Crippen LogP contribution in [-0.4, -0.2) is 60.8 Å². The number of benzene rings is 1. The van der Waals surface area contributed by atoms with Gasteiger partial charge in [0.05, 0.1) is 18.8 Å². The van der Waals surface area contributed by atoms with Crippen molar-refractivity contribution in [1.82, 2.24) is 10.2 Å². The number of nitrogens with one attached hydrogen (secondary N) is 1. The maximum Gasteiger partial charge on any atom is 0.255 e. The number of aliphatic hydroxyl groups is 1. The molecule has 7 nitrogen and oxygen atoms in total. The van der Waals surface area contributed by atoms with E-state index in [4.69, 9.17) is 9.47 Å². The van der Waals surface area contributed by atoms with Crippen LogP contribution in [-0.2, 0) is 4.79 Å². The molecular weight excluding hydrogens is 348 g/mol. The first-order valence-electron chi connectivity index (χ1n) is 9.57. The highest BCUT2D eigenvalue weighted by atomic mass is 16.5. The van der Waals surface area contributed by atoms with Crippen molar-refractivity contribution in [3.05, 3.63) is 23.8 Å². The average Bonchev–Trinajstić information content (AvgIpc) is 3.51. The normalized spacial score (nSPS) is 18.7. The van der Waals surface area contributed by atoms with Crippen LogP contribution in [0.3, 0.4) is 0 Å². The van der Waals surface area contributed by atoms with Crippen molar-refractivity contribution >= 4 is 11.8 Å². The summed E-state index contributed by atoms with van der Waals surface area (Å²) in [4.78, 5) is 26.6. The second kappa shape index (κ2) is 8.61. The van der Waals surface area contributed by atoms with E-state index in [1.54, 1.807) is 32.2 Å². The molecule has 0 unspecified atom stereocenters. The third kappa shape index (κ3) is 5.13. The molecule has 0 aromatic heterocycles. The number of piperidine rings is 1. The molecule has 2 aliphatic rings. The Balaban J connectivity index is 1.63. The molecule has 7 heteroatoms. The maximum atomic E-state index is 12.5. The van der Waals surface area contributed by atoms with E-state index < -0.39 is 6.10 Å². The summed E-state index contributed by atoms with van der Waals surface area (Å²) in [5.74, 6) is 1.26. The van der Waals surface area contributed by atoms with Crippen LogP contribution in [0.2, 0.25) is 0 Å². The van der Waals surface area contributed by atoms with E-state index in [2.05, 4.69) is 5.32 Å². The number of hydrogen-bond donors (Lipinski definition) is 2. The van der Waals surface area contributed by atoms with Gasteiger partial charge in [-0.15, -0.1) is 0 Å². The van der Waals surface area contributed by atoms with Crippen molar-refractivity contribution in [1.29, 1.82) is 0 Å². The topological polar surface area (TPSA) is 88.1 Å². The summed E-state index contributed by atoms with van der Waals surface area (Å²) >= 11 is 0. The van der Waals surface area contributed by atoms with Crippen molar-refractivity contribution in [3.8, 4) is 11.5 Å². The highest BCUT2D eigenvalue weighted by molar-refractivity contribution is 5.97. The molecule has 1 aliphatic carbocycles. The molecule has 3 rings (SSSR count). The molecule has 0 spiro atoms. The van der Waals surface area contributed by atoms with Gasteiger partial charge in [0.2, 0.25) is 5.91 Å². The van der Waals surface area contributed by atoms with Crippen LogP contribution in [0.25, 0.3) is 0 Å².